The third-order valence-electron chi connectivity index (χ3n) is 3.83. The molecule has 0 bridgehead atoms. The number of rotatable bonds is 3. The van der Waals surface area contributed by atoms with Crippen LogP contribution in [0, 0.1) is 0 Å². The Bertz CT molecular complexity index is 622. The molecule has 0 amide bonds. The minimum absolute atomic E-state index is 0.766. The normalized spacial score (nSPS) is 13.7. The zero-order chi connectivity index (χ0) is 13.9. The summed E-state index contributed by atoms with van der Waals surface area (Å²) in [6, 6.07) is 12.6. The fraction of sp³-hybridized carbons (Fsp3) is 0.294. The van der Waals surface area contributed by atoms with E-state index in [0.717, 1.165) is 31.0 Å². The van der Waals surface area contributed by atoms with Crippen molar-refractivity contribution in [1.82, 2.24) is 5.32 Å². The molecule has 104 valence electrons. The van der Waals surface area contributed by atoms with Crippen LogP contribution in [0.2, 0.25) is 0 Å². The lowest BCUT2D eigenvalue weighted by Crippen LogP contribution is -2.24. The van der Waals surface area contributed by atoms with Crippen molar-refractivity contribution in [2.45, 2.75) is 13.0 Å². The molecule has 3 rings (SSSR count). The molecule has 0 saturated heterocycles. The fourth-order valence-electron chi connectivity index (χ4n) is 2.81. The maximum Gasteiger partial charge on any atom is 0.161 e. The molecule has 2 aromatic rings. The van der Waals surface area contributed by atoms with Crippen molar-refractivity contribution in [3.63, 3.8) is 0 Å². The Hall–Kier alpha value is -2.00. The Morgan fingerprint density at radius 2 is 1.85 bits per heavy atom. The summed E-state index contributed by atoms with van der Waals surface area (Å²) in [5, 5.41) is 3.42. The molecule has 0 aliphatic carbocycles. The van der Waals surface area contributed by atoms with Crippen molar-refractivity contribution in [3.05, 3.63) is 47.5 Å². The summed E-state index contributed by atoms with van der Waals surface area (Å²) < 4.78 is 10.7. The first-order valence-corrected chi connectivity index (χ1v) is 6.87. The zero-order valence-corrected chi connectivity index (χ0v) is 11.9. The number of hydrogen-bond donors (Lipinski definition) is 1. The van der Waals surface area contributed by atoms with Crippen molar-refractivity contribution in [2.75, 3.05) is 20.8 Å². The van der Waals surface area contributed by atoms with Gasteiger partial charge in [-0.3, -0.25) is 0 Å². The van der Waals surface area contributed by atoms with Gasteiger partial charge in [0.1, 0.15) is 0 Å². The maximum absolute atomic E-state index is 5.41. The molecule has 1 aliphatic rings. The predicted octanol–water partition coefficient (Wildman–Crippen LogP) is 3.02. The van der Waals surface area contributed by atoms with Gasteiger partial charge in [0.2, 0.25) is 0 Å². The highest BCUT2D eigenvalue weighted by Gasteiger charge is 2.14. The van der Waals surface area contributed by atoms with Gasteiger partial charge in [0, 0.05) is 6.54 Å². The van der Waals surface area contributed by atoms with E-state index >= 15 is 0 Å². The summed E-state index contributed by atoms with van der Waals surface area (Å²) in [5.41, 5.74) is 5.31. The third-order valence-corrected chi connectivity index (χ3v) is 3.83. The summed E-state index contributed by atoms with van der Waals surface area (Å²) in [7, 11) is 3.33. The topological polar surface area (TPSA) is 30.5 Å². The van der Waals surface area contributed by atoms with Gasteiger partial charge in [0.15, 0.2) is 11.5 Å². The van der Waals surface area contributed by atoms with Gasteiger partial charge >= 0.3 is 0 Å². The SMILES string of the molecule is COc1ccc(-c2cccc3c2CCNC3)cc1OC. The van der Waals surface area contributed by atoms with E-state index in [-0.39, 0.29) is 0 Å². The van der Waals surface area contributed by atoms with Crippen molar-refractivity contribution >= 4 is 0 Å². The monoisotopic (exact) mass is 269 g/mol. The number of benzene rings is 2. The van der Waals surface area contributed by atoms with Gasteiger partial charge in [-0.05, 0) is 47.4 Å². The summed E-state index contributed by atoms with van der Waals surface area (Å²) in [6.07, 6.45) is 1.07. The number of ether oxygens (including phenoxy) is 2. The summed E-state index contributed by atoms with van der Waals surface area (Å²) >= 11 is 0. The van der Waals surface area contributed by atoms with Crippen LogP contribution in [0.5, 0.6) is 11.5 Å². The van der Waals surface area contributed by atoms with Crippen LogP contribution >= 0.6 is 0 Å². The van der Waals surface area contributed by atoms with E-state index in [1.54, 1.807) is 14.2 Å². The van der Waals surface area contributed by atoms with Gasteiger partial charge in [-0.2, -0.15) is 0 Å². The van der Waals surface area contributed by atoms with Gasteiger partial charge in [0.25, 0.3) is 0 Å². The molecular formula is C17H19NO2. The van der Waals surface area contributed by atoms with Crippen LogP contribution in [0.25, 0.3) is 11.1 Å². The summed E-state index contributed by atoms with van der Waals surface area (Å²) in [5.74, 6) is 1.54. The second kappa shape index (κ2) is 5.55. The summed E-state index contributed by atoms with van der Waals surface area (Å²) in [4.78, 5) is 0. The second-order valence-corrected chi connectivity index (χ2v) is 4.94. The highest BCUT2D eigenvalue weighted by Crippen LogP contribution is 2.35. The summed E-state index contributed by atoms with van der Waals surface area (Å²) in [6.45, 7) is 1.99. The molecule has 0 radical (unpaired) electrons. The smallest absolute Gasteiger partial charge is 0.161 e. The van der Waals surface area contributed by atoms with Crippen LogP contribution < -0.4 is 14.8 Å². The van der Waals surface area contributed by atoms with Gasteiger partial charge in [-0.15, -0.1) is 0 Å². The molecule has 3 heteroatoms. The Kier molecular flexibility index (Phi) is 3.61. The standard InChI is InChI=1S/C17H19NO2/c1-19-16-7-6-12(10-17(16)20-2)14-5-3-4-13-11-18-9-8-15(13)14/h3-7,10,18H,8-9,11H2,1-2H3. The van der Waals surface area contributed by atoms with Crippen molar-refractivity contribution in [2.24, 2.45) is 0 Å². The molecule has 0 spiro atoms. The lowest BCUT2D eigenvalue weighted by Gasteiger charge is -2.21. The van der Waals surface area contributed by atoms with Crippen molar-refractivity contribution in [3.8, 4) is 22.6 Å². The first-order valence-electron chi connectivity index (χ1n) is 6.87. The van der Waals surface area contributed by atoms with E-state index in [9.17, 15) is 0 Å². The Morgan fingerprint density at radius 3 is 2.65 bits per heavy atom. The molecule has 2 aromatic carbocycles. The van der Waals surface area contributed by atoms with Crippen molar-refractivity contribution in [1.29, 1.82) is 0 Å². The molecule has 0 aromatic heterocycles. The van der Waals surface area contributed by atoms with Crippen LogP contribution in [0.4, 0.5) is 0 Å². The first kappa shape index (κ1) is 13.0. The van der Waals surface area contributed by atoms with E-state index in [4.69, 9.17) is 9.47 Å². The molecule has 3 nitrogen and oxygen atoms in total. The highest BCUT2D eigenvalue weighted by molar-refractivity contribution is 5.71. The molecule has 1 heterocycles. The largest absolute Gasteiger partial charge is 0.493 e. The van der Waals surface area contributed by atoms with E-state index < -0.39 is 0 Å². The molecule has 1 N–H and O–H groups in total. The highest BCUT2D eigenvalue weighted by atomic mass is 16.5. The quantitative estimate of drug-likeness (QED) is 0.929. The minimum atomic E-state index is 0.766. The van der Waals surface area contributed by atoms with Crippen LogP contribution in [0.3, 0.4) is 0 Å². The van der Waals surface area contributed by atoms with E-state index in [1.807, 2.05) is 6.07 Å². The van der Waals surface area contributed by atoms with Crippen LogP contribution in [-0.4, -0.2) is 20.8 Å². The van der Waals surface area contributed by atoms with Gasteiger partial charge in [-0.1, -0.05) is 24.3 Å². The third kappa shape index (κ3) is 2.25. The molecule has 20 heavy (non-hydrogen) atoms. The average molecular weight is 269 g/mol. The molecule has 0 unspecified atom stereocenters. The predicted molar refractivity (Wildman–Crippen MR) is 80.4 cm³/mol. The number of fused-ring (bicyclic) bond motifs is 1. The molecule has 1 aliphatic heterocycles. The van der Waals surface area contributed by atoms with Gasteiger partial charge in [0.05, 0.1) is 14.2 Å². The Labute approximate surface area is 119 Å². The van der Waals surface area contributed by atoms with Crippen molar-refractivity contribution < 1.29 is 9.47 Å². The Balaban J connectivity index is 2.09. The van der Waals surface area contributed by atoms with Gasteiger partial charge in [-0.25, -0.2) is 0 Å². The molecular weight excluding hydrogens is 250 g/mol. The van der Waals surface area contributed by atoms with E-state index in [0.29, 0.717) is 0 Å². The first-order chi connectivity index (χ1) is 9.83. The van der Waals surface area contributed by atoms with E-state index in [2.05, 4.69) is 35.6 Å². The molecule has 0 fully saturated rings. The lowest BCUT2D eigenvalue weighted by atomic mass is 9.91. The van der Waals surface area contributed by atoms with E-state index in [1.165, 1.54) is 22.3 Å². The Morgan fingerprint density at radius 1 is 1.00 bits per heavy atom. The number of nitrogens with one attached hydrogen (secondary N) is 1. The van der Waals surface area contributed by atoms with Crippen LogP contribution in [0.1, 0.15) is 11.1 Å². The molecule has 0 atom stereocenters. The number of hydrogen-bond acceptors (Lipinski definition) is 3. The second-order valence-electron chi connectivity index (χ2n) is 4.94. The fourth-order valence-corrected chi connectivity index (χ4v) is 2.81. The molecule has 0 saturated carbocycles. The zero-order valence-electron chi connectivity index (χ0n) is 11.9. The van der Waals surface area contributed by atoms with Crippen LogP contribution in [-0.2, 0) is 13.0 Å². The van der Waals surface area contributed by atoms with Gasteiger partial charge < -0.3 is 14.8 Å². The number of methoxy groups -OCH3 is 2. The maximum atomic E-state index is 5.41. The van der Waals surface area contributed by atoms with Crippen LogP contribution in [0.15, 0.2) is 36.4 Å². The average Bonchev–Trinajstić information content (AvgIpc) is 2.53. The lowest BCUT2D eigenvalue weighted by molar-refractivity contribution is 0.355. The minimum Gasteiger partial charge on any atom is -0.493 e.